The van der Waals surface area contributed by atoms with Gasteiger partial charge in [-0.2, -0.15) is 0 Å². The Kier molecular flexibility index (Phi) is 11.7. The van der Waals surface area contributed by atoms with E-state index in [4.69, 9.17) is 30.3 Å². The number of carbonyl (C=O) groups is 3. The molecule has 9 heteroatoms. The van der Waals surface area contributed by atoms with Crippen LogP contribution in [0.25, 0.3) is 0 Å². The number of rotatable bonds is 5. The summed E-state index contributed by atoms with van der Waals surface area (Å²) in [7, 11) is 0. The van der Waals surface area contributed by atoms with Crippen molar-refractivity contribution in [3.05, 3.63) is 29.3 Å². The van der Waals surface area contributed by atoms with E-state index in [2.05, 4.69) is 11.8 Å². The summed E-state index contributed by atoms with van der Waals surface area (Å²) in [4.78, 5) is 35.4. The second-order valence-corrected chi connectivity index (χ2v) is 8.12. The van der Waals surface area contributed by atoms with Crippen LogP contribution in [0.4, 0.5) is 0 Å². The fourth-order valence-corrected chi connectivity index (χ4v) is 3.77. The van der Waals surface area contributed by atoms with Gasteiger partial charge < -0.3 is 25.6 Å². The van der Waals surface area contributed by atoms with Gasteiger partial charge in [-0.1, -0.05) is 18.1 Å². The lowest BCUT2D eigenvalue weighted by atomic mass is 9.96. The van der Waals surface area contributed by atoms with Crippen LogP contribution in [-0.4, -0.2) is 82.7 Å². The van der Waals surface area contributed by atoms with E-state index in [1.165, 1.54) is 25.8 Å². The van der Waals surface area contributed by atoms with Crippen LogP contribution in [0.2, 0.25) is 0 Å². The lowest BCUT2D eigenvalue weighted by Crippen LogP contribution is -2.63. The molecule has 0 spiro atoms. The summed E-state index contributed by atoms with van der Waals surface area (Å²) in [5, 5.41) is 14.8. The lowest BCUT2D eigenvalue weighted by molar-refractivity contribution is -0.135. The predicted octanol–water partition coefficient (Wildman–Crippen LogP) is 2.21. The number of carbonyl (C=O) groups excluding carboxylic acids is 1. The molecule has 0 radical (unpaired) electrons. The first-order valence-corrected chi connectivity index (χ1v) is 10.9. The quantitative estimate of drug-likeness (QED) is 0.620. The van der Waals surface area contributed by atoms with Crippen LogP contribution in [0.15, 0.2) is 18.2 Å². The zero-order valence-corrected chi connectivity index (χ0v) is 19.5. The molecule has 1 amide bonds. The zero-order valence-electron chi connectivity index (χ0n) is 19.5. The van der Waals surface area contributed by atoms with Crippen molar-refractivity contribution in [2.75, 3.05) is 32.8 Å². The molecule has 0 bridgehead atoms. The third-order valence-electron chi connectivity index (χ3n) is 5.21. The Morgan fingerprint density at radius 1 is 1.12 bits per heavy atom. The number of nitrogens with zero attached hydrogens (tertiary/aromatic N) is 2. The van der Waals surface area contributed by atoms with Crippen LogP contribution in [0.1, 0.15) is 56.0 Å². The van der Waals surface area contributed by atoms with Crippen molar-refractivity contribution < 1.29 is 29.3 Å². The number of hydrogen-bond acceptors (Lipinski definition) is 6. The van der Waals surface area contributed by atoms with Crippen molar-refractivity contribution in [2.45, 2.75) is 59.0 Å². The van der Waals surface area contributed by atoms with E-state index in [0.717, 1.165) is 32.5 Å². The molecule has 0 aromatic heterocycles. The van der Waals surface area contributed by atoms with E-state index in [-0.39, 0.29) is 5.91 Å². The van der Waals surface area contributed by atoms with Gasteiger partial charge in [-0.3, -0.25) is 19.3 Å². The lowest BCUT2D eigenvalue weighted by Gasteiger charge is -2.49. The van der Waals surface area contributed by atoms with E-state index >= 15 is 0 Å². The van der Waals surface area contributed by atoms with Gasteiger partial charge in [0, 0.05) is 45.6 Å². The van der Waals surface area contributed by atoms with Gasteiger partial charge in [-0.05, 0) is 45.4 Å². The molecule has 3 rings (SSSR count). The number of aryl methyl sites for hydroxylation is 1. The molecule has 2 heterocycles. The molecular formula is C23H37N3O6. The second kappa shape index (κ2) is 13.7. The number of aliphatic carboxylic acids is 2. The standard InChI is InChI=1S/C19H29N3O2.2C2H4O2/c1-14-6-7-18(24-10-8-20)17(11-14)19(23)21-12-16(13-21)22-9-4-3-5-15(22)2;2*1-2(3)4/h6-7,11,15-16H,3-5,8-10,12-13,20H2,1-2H3;2*1H3,(H,3,4). The monoisotopic (exact) mass is 451 g/mol. The highest BCUT2D eigenvalue weighted by molar-refractivity contribution is 5.97. The Labute approximate surface area is 190 Å². The Bertz CT molecular complexity index is 744. The molecule has 4 N–H and O–H groups in total. The van der Waals surface area contributed by atoms with E-state index in [1.54, 1.807) is 0 Å². The minimum absolute atomic E-state index is 0.0756. The topological polar surface area (TPSA) is 133 Å². The molecule has 2 fully saturated rings. The highest BCUT2D eigenvalue weighted by Gasteiger charge is 2.38. The molecule has 1 atom stereocenters. The van der Waals surface area contributed by atoms with Gasteiger partial charge >= 0.3 is 0 Å². The van der Waals surface area contributed by atoms with Gasteiger partial charge in [-0.25, -0.2) is 0 Å². The number of hydrogen-bond donors (Lipinski definition) is 3. The minimum Gasteiger partial charge on any atom is -0.491 e. The van der Waals surface area contributed by atoms with Crippen LogP contribution < -0.4 is 10.5 Å². The number of piperidine rings is 1. The summed E-state index contributed by atoms with van der Waals surface area (Å²) in [6, 6.07) is 6.93. The van der Waals surface area contributed by atoms with E-state index in [9.17, 15) is 4.79 Å². The molecule has 180 valence electrons. The zero-order chi connectivity index (χ0) is 24.3. The Morgan fingerprint density at radius 2 is 1.72 bits per heavy atom. The predicted molar refractivity (Wildman–Crippen MR) is 122 cm³/mol. The maximum atomic E-state index is 12.9. The molecule has 32 heavy (non-hydrogen) atoms. The third-order valence-corrected chi connectivity index (χ3v) is 5.21. The highest BCUT2D eigenvalue weighted by atomic mass is 16.5. The molecular weight excluding hydrogens is 414 g/mol. The van der Waals surface area contributed by atoms with Gasteiger partial charge in [-0.15, -0.1) is 0 Å². The number of ether oxygens (including phenoxy) is 1. The first kappa shape index (κ1) is 27.4. The molecule has 2 aliphatic heterocycles. The van der Waals surface area contributed by atoms with Gasteiger partial charge in [0.15, 0.2) is 0 Å². The number of likely N-dealkylation sites (tertiary alicyclic amines) is 2. The molecule has 9 nitrogen and oxygen atoms in total. The second-order valence-electron chi connectivity index (χ2n) is 8.12. The Balaban J connectivity index is 0.000000554. The fraction of sp³-hybridized carbons (Fsp3) is 0.609. The maximum absolute atomic E-state index is 12.9. The average molecular weight is 452 g/mol. The Hall–Kier alpha value is -2.65. The first-order chi connectivity index (χ1) is 15.1. The van der Waals surface area contributed by atoms with Crippen LogP contribution in [0, 0.1) is 6.92 Å². The summed E-state index contributed by atoms with van der Waals surface area (Å²) in [6.45, 7) is 10.2. The molecule has 1 unspecified atom stereocenters. The normalized spacial score (nSPS) is 18.3. The van der Waals surface area contributed by atoms with Crippen molar-refractivity contribution in [3.63, 3.8) is 0 Å². The summed E-state index contributed by atoms with van der Waals surface area (Å²) < 4.78 is 5.66. The van der Waals surface area contributed by atoms with E-state index in [1.807, 2.05) is 30.0 Å². The summed E-state index contributed by atoms with van der Waals surface area (Å²) in [6.07, 6.45) is 3.89. The van der Waals surface area contributed by atoms with E-state index < -0.39 is 11.9 Å². The van der Waals surface area contributed by atoms with E-state index in [0.29, 0.717) is 36.5 Å². The van der Waals surface area contributed by atoms with Crippen LogP contribution in [0.3, 0.4) is 0 Å². The number of carboxylic acid groups (broad SMARTS) is 2. The molecule has 1 aromatic carbocycles. The average Bonchev–Trinajstić information content (AvgIpc) is 2.66. The summed E-state index contributed by atoms with van der Waals surface area (Å²) >= 11 is 0. The van der Waals surface area contributed by atoms with Gasteiger partial charge in [0.05, 0.1) is 5.56 Å². The van der Waals surface area contributed by atoms with Crippen LogP contribution in [-0.2, 0) is 9.59 Å². The number of carboxylic acids is 2. The number of nitrogens with two attached hydrogens (primary N) is 1. The molecule has 1 aromatic rings. The van der Waals surface area contributed by atoms with Crippen molar-refractivity contribution in [3.8, 4) is 5.75 Å². The molecule has 0 saturated carbocycles. The van der Waals surface area contributed by atoms with Gasteiger partial charge in [0.1, 0.15) is 12.4 Å². The van der Waals surface area contributed by atoms with Crippen molar-refractivity contribution in [1.82, 2.24) is 9.80 Å². The SMILES string of the molecule is CC(=O)O.CC(=O)O.Cc1ccc(OCCN)c(C(=O)N2CC(N3CCCCC3C)C2)c1. The van der Waals surface area contributed by atoms with Crippen LogP contribution in [0.5, 0.6) is 5.75 Å². The fourth-order valence-electron chi connectivity index (χ4n) is 3.77. The number of amides is 1. The summed E-state index contributed by atoms with van der Waals surface area (Å²) in [5.41, 5.74) is 7.25. The first-order valence-electron chi connectivity index (χ1n) is 10.9. The Morgan fingerprint density at radius 3 is 2.25 bits per heavy atom. The van der Waals surface area contributed by atoms with Crippen molar-refractivity contribution in [2.24, 2.45) is 5.73 Å². The maximum Gasteiger partial charge on any atom is 0.300 e. The minimum atomic E-state index is -0.833. The highest BCUT2D eigenvalue weighted by Crippen LogP contribution is 2.28. The summed E-state index contributed by atoms with van der Waals surface area (Å²) in [5.74, 6) is -0.947. The van der Waals surface area contributed by atoms with Crippen molar-refractivity contribution in [1.29, 1.82) is 0 Å². The smallest absolute Gasteiger partial charge is 0.300 e. The molecule has 2 aliphatic rings. The van der Waals surface area contributed by atoms with Gasteiger partial charge in [0.25, 0.3) is 17.8 Å². The molecule has 2 saturated heterocycles. The van der Waals surface area contributed by atoms with Crippen LogP contribution >= 0.6 is 0 Å². The molecule has 0 aliphatic carbocycles. The van der Waals surface area contributed by atoms with Crippen molar-refractivity contribution >= 4 is 17.8 Å². The number of benzene rings is 1. The van der Waals surface area contributed by atoms with Gasteiger partial charge in [0.2, 0.25) is 0 Å². The third kappa shape index (κ3) is 9.23. The largest absolute Gasteiger partial charge is 0.491 e.